The summed E-state index contributed by atoms with van der Waals surface area (Å²) in [4.78, 5) is 0. The number of halogens is 2. The maximum atomic E-state index is 13.3. The number of hydrogen-bond acceptors (Lipinski definition) is 3. The summed E-state index contributed by atoms with van der Waals surface area (Å²) >= 11 is 0. The van der Waals surface area contributed by atoms with Gasteiger partial charge in [-0.2, -0.15) is 5.26 Å². The van der Waals surface area contributed by atoms with E-state index in [0.29, 0.717) is 6.54 Å². The summed E-state index contributed by atoms with van der Waals surface area (Å²) in [6.45, 7) is 4.10. The van der Waals surface area contributed by atoms with Crippen molar-refractivity contribution in [2.24, 2.45) is 0 Å². The van der Waals surface area contributed by atoms with Crippen LogP contribution in [0.3, 0.4) is 0 Å². The summed E-state index contributed by atoms with van der Waals surface area (Å²) in [5.74, 6) is -1.99. The lowest BCUT2D eigenvalue weighted by atomic mass is 10.1. The summed E-state index contributed by atoms with van der Waals surface area (Å²) in [5, 5.41) is 12.0. The Kier molecular flexibility index (Phi) is 5.05. The topological polar surface area (TPSA) is 45.0 Å². The Morgan fingerprint density at radius 1 is 1.39 bits per heavy atom. The molecular formula is C13H16F2N2O. The van der Waals surface area contributed by atoms with Crippen molar-refractivity contribution < 1.29 is 13.5 Å². The number of nitrogens with zero attached hydrogens (tertiary/aromatic N) is 1. The Hall–Kier alpha value is -1.67. The number of nitriles is 1. The number of para-hydroxylation sites is 1. The molecule has 1 N–H and O–H groups in total. The fraction of sp³-hybridized carbons (Fsp3) is 0.462. The molecule has 1 aromatic carbocycles. The second-order valence-electron chi connectivity index (χ2n) is 4.21. The number of rotatable bonds is 6. The van der Waals surface area contributed by atoms with Crippen molar-refractivity contribution in [2.45, 2.75) is 25.8 Å². The van der Waals surface area contributed by atoms with E-state index in [1.54, 1.807) is 6.92 Å². The van der Waals surface area contributed by atoms with Gasteiger partial charge in [-0.15, -0.1) is 0 Å². The van der Waals surface area contributed by atoms with Crippen molar-refractivity contribution in [1.29, 1.82) is 5.26 Å². The zero-order valence-electron chi connectivity index (χ0n) is 10.5. The summed E-state index contributed by atoms with van der Waals surface area (Å²) < 4.78 is 31.7. The number of ether oxygens (including phenoxy) is 1. The highest BCUT2D eigenvalue weighted by molar-refractivity contribution is 5.26. The molecule has 1 rings (SSSR count). The third-order valence-electron chi connectivity index (χ3n) is 2.44. The van der Waals surface area contributed by atoms with Crippen molar-refractivity contribution in [1.82, 2.24) is 5.32 Å². The molecule has 0 radical (unpaired) electrons. The summed E-state index contributed by atoms with van der Waals surface area (Å²) in [7, 11) is 0. The molecule has 0 bridgehead atoms. The minimum absolute atomic E-state index is 0.124. The zero-order chi connectivity index (χ0) is 13.6. The Balaban J connectivity index is 2.71. The summed E-state index contributed by atoms with van der Waals surface area (Å²) in [6, 6.07) is 5.53. The van der Waals surface area contributed by atoms with Crippen LogP contribution in [0.5, 0.6) is 5.75 Å². The number of nitrogens with one attached hydrogen (secondary N) is 1. The van der Waals surface area contributed by atoms with Crippen LogP contribution >= 0.6 is 0 Å². The standard InChI is InChI=1S/C13H16F2N2O/c1-3-7-17-13(2,8-16)9-18-12-10(14)5-4-6-11(12)15/h4-6,17H,3,7,9H2,1-2H3. The third kappa shape index (κ3) is 3.67. The van der Waals surface area contributed by atoms with Crippen LogP contribution in [0.15, 0.2) is 18.2 Å². The molecule has 0 aromatic heterocycles. The van der Waals surface area contributed by atoms with Gasteiger partial charge in [0.15, 0.2) is 17.4 Å². The van der Waals surface area contributed by atoms with E-state index in [0.717, 1.165) is 18.6 Å². The molecule has 3 nitrogen and oxygen atoms in total. The quantitative estimate of drug-likeness (QED) is 0.848. The first-order chi connectivity index (χ1) is 8.52. The van der Waals surface area contributed by atoms with Crippen LogP contribution in [0.25, 0.3) is 0 Å². The molecule has 0 amide bonds. The van der Waals surface area contributed by atoms with Crippen LogP contribution < -0.4 is 10.1 Å². The van der Waals surface area contributed by atoms with Gasteiger partial charge in [-0.25, -0.2) is 8.78 Å². The summed E-state index contributed by atoms with van der Waals surface area (Å²) in [6.07, 6.45) is 0.853. The largest absolute Gasteiger partial charge is 0.485 e. The monoisotopic (exact) mass is 254 g/mol. The molecule has 0 saturated heterocycles. The fourth-order valence-corrected chi connectivity index (χ4v) is 1.36. The van der Waals surface area contributed by atoms with Gasteiger partial charge in [0.1, 0.15) is 12.1 Å². The normalized spacial score (nSPS) is 13.7. The van der Waals surface area contributed by atoms with Gasteiger partial charge in [0.2, 0.25) is 0 Å². The van der Waals surface area contributed by atoms with Gasteiger partial charge >= 0.3 is 0 Å². The van der Waals surface area contributed by atoms with Gasteiger partial charge in [0.05, 0.1) is 6.07 Å². The maximum absolute atomic E-state index is 13.3. The SMILES string of the molecule is CCCNC(C)(C#N)COc1c(F)cccc1F. The van der Waals surface area contributed by atoms with Crippen LogP contribution in [0.4, 0.5) is 8.78 Å². The molecule has 0 saturated carbocycles. The van der Waals surface area contributed by atoms with E-state index in [9.17, 15) is 8.78 Å². The Bertz CT molecular complexity index is 425. The average Bonchev–Trinajstić information content (AvgIpc) is 2.36. The molecule has 0 heterocycles. The molecule has 0 aliphatic carbocycles. The summed E-state index contributed by atoms with van der Waals surface area (Å²) in [5.41, 5.74) is -0.968. The highest BCUT2D eigenvalue weighted by Crippen LogP contribution is 2.21. The van der Waals surface area contributed by atoms with Crippen LogP contribution in [0.1, 0.15) is 20.3 Å². The van der Waals surface area contributed by atoms with Crippen LogP contribution in [0.2, 0.25) is 0 Å². The van der Waals surface area contributed by atoms with Gasteiger partial charge < -0.3 is 4.74 Å². The van der Waals surface area contributed by atoms with E-state index >= 15 is 0 Å². The molecule has 0 spiro atoms. The number of hydrogen-bond donors (Lipinski definition) is 1. The molecule has 18 heavy (non-hydrogen) atoms. The molecule has 1 atom stereocenters. The Morgan fingerprint density at radius 2 is 2.00 bits per heavy atom. The predicted octanol–water partition coefficient (Wildman–Crippen LogP) is 2.63. The Labute approximate surface area is 105 Å². The first-order valence-corrected chi connectivity index (χ1v) is 5.75. The van der Waals surface area contributed by atoms with Gasteiger partial charge in [0, 0.05) is 0 Å². The Morgan fingerprint density at radius 3 is 2.50 bits per heavy atom. The first-order valence-electron chi connectivity index (χ1n) is 5.75. The van der Waals surface area contributed by atoms with E-state index in [4.69, 9.17) is 10.00 Å². The lowest BCUT2D eigenvalue weighted by Crippen LogP contribution is -2.46. The third-order valence-corrected chi connectivity index (χ3v) is 2.44. The second kappa shape index (κ2) is 6.31. The van der Waals surface area contributed by atoms with Crippen molar-refractivity contribution in [3.8, 4) is 11.8 Å². The molecule has 1 unspecified atom stereocenters. The van der Waals surface area contributed by atoms with E-state index in [1.165, 1.54) is 6.07 Å². The molecule has 0 aliphatic rings. The van der Waals surface area contributed by atoms with Crippen LogP contribution in [-0.2, 0) is 0 Å². The minimum Gasteiger partial charge on any atom is -0.485 e. The highest BCUT2D eigenvalue weighted by atomic mass is 19.1. The number of benzene rings is 1. The average molecular weight is 254 g/mol. The van der Waals surface area contributed by atoms with Crippen molar-refractivity contribution in [2.75, 3.05) is 13.2 Å². The van der Waals surface area contributed by atoms with Gasteiger partial charge in [-0.3, -0.25) is 5.32 Å². The molecule has 5 heteroatoms. The van der Waals surface area contributed by atoms with E-state index < -0.39 is 22.9 Å². The van der Waals surface area contributed by atoms with E-state index in [2.05, 4.69) is 5.32 Å². The van der Waals surface area contributed by atoms with Crippen molar-refractivity contribution in [3.05, 3.63) is 29.8 Å². The fourth-order valence-electron chi connectivity index (χ4n) is 1.36. The molecule has 98 valence electrons. The first kappa shape index (κ1) is 14.4. The van der Waals surface area contributed by atoms with E-state index in [-0.39, 0.29) is 6.61 Å². The molecular weight excluding hydrogens is 238 g/mol. The molecule has 0 aliphatic heterocycles. The van der Waals surface area contributed by atoms with Crippen LogP contribution in [0, 0.1) is 23.0 Å². The smallest absolute Gasteiger partial charge is 0.190 e. The van der Waals surface area contributed by atoms with Gasteiger partial charge in [-0.05, 0) is 32.0 Å². The predicted molar refractivity (Wildman–Crippen MR) is 64.2 cm³/mol. The minimum atomic E-state index is -0.968. The highest BCUT2D eigenvalue weighted by Gasteiger charge is 2.25. The van der Waals surface area contributed by atoms with Crippen molar-refractivity contribution >= 4 is 0 Å². The maximum Gasteiger partial charge on any atom is 0.190 e. The van der Waals surface area contributed by atoms with Crippen LogP contribution in [-0.4, -0.2) is 18.7 Å². The van der Waals surface area contributed by atoms with Gasteiger partial charge in [0.25, 0.3) is 0 Å². The zero-order valence-corrected chi connectivity index (χ0v) is 10.5. The lowest BCUT2D eigenvalue weighted by molar-refractivity contribution is 0.217. The molecule has 0 fully saturated rings. The molecule has 1 aromatic rings. The van der Waals surface area contributed by atoms with Gasteiger partial charge in [-0.1, -0.05) is 13.0 Å². The van der Waals surface area contributed by atoms with E-state index in [1.807, 2.05) is 13.0 Å². The van der Waals surface area contributed by atoms with Crippen molar-refractivity contribution in [3.63, 3.8) is 0 Å². The lowest BCUT2D eigenvalue weighted by Gasteiger charge is -2.23. The second-order valence-corrected chi connectivity index (χ2v) is 4.21.